The van der Waals surface area contributed by atoms with Crippen LogP contribution in [-0.2, 0) is 0 Å². The quantitative estimate of drug-likeness (QED) is 0.776. The van der Waals surface area contributed by atoms with Gasteiger partial charge in [0.25, 0.3) is 5.91 Å². The molecule has 1 unspecified atom stereocenters. The molecule has 3 N–H and O–H groups in total. The molecule has 1 aromatic rings. The zero-order valence-electron chi connectivity index (χ0n) is 10.8. The molecule has 0 bridgehead atoms. The Bertz CT molecular complexity index is 475. The fraction of sp³-hybridized carbons (Fsp3) is 0.462. The molecular weight excluding hydrogens is 323 g/mol. The van der Waals surface area contributed by atoms with Gasteiger partial charge >= 0.3 is 0 Å². The van der Waals surface area contributed by atoms with Crippen LogP contribution in [0.5, 0.6) is 5.75 Å². The van der Waals surface area contributed by atoms with Crippen molar-refractivity contribution >= 4 is 41.5 Å². The summed E-state index contributed by atoms with van der Waals surface area (Å²) in [6, 6.07) is 2.94. The van der Waals surface area contributed by atoms with Crippen LogP contribution in [0, 0.1) is 0 Å². The lowest BCUT2D eigenvalue weighted by Gasteiger charge is -2.16. The third-order valence-corrected chi connectivity index (χ3v) is 3.69. The van der Waals surface area contributed by atoms with Gasteiger partial charge in [0.2, 0.25) is 0 Å². The fourth-order valence-corrected chi connectivity index (χ4v) is 2.66. The first-order chi connectivity index (χ1) is 9.08. The van der Waals surface area contributed by atoms with Gasteiger partial charge < -0.3 is 15.7 Å². The molecule has 112 valence electrons. The van der Waals surface area contributed by atoms with Crippen molar-refractivity contribution in [1.29, 1.82) is 0 Å². The largest absolute Gasteiger partial charge is 0.506 e. The fourth-order valence-electron chi connectivity index (χ4n) is 2.17. The van der Waals surface area contributed by atoms with E-state index in [-0.39, 0.29) is 40.7 Å². The molecule has 0 spiro atoms. The standard InChI is InChI=1S/C13H16Cl2N2O2.ClH/c14-8-6-10(12(18)11(15)7-8)13(19)17-9-2-1-4-16-5-3-9;/h6-7,9,16,18H,1-5H2,(H,17,19);1H. The average molecular weight is 340 g/mol. The maximum Gasteiger partial charge on any atom is 0.255 e. The predicted molar refractivity (Wildman–Crippen MR) is 83.3 cm³/mol. The normalized spacial score (nSPS) is 18.8. The summed E-state index contributed by atoms with van der Waals surface area (Å²) in [6.45, 7) is 1.86. The van der Waals surface area contributed by atoms with Crippen molar-refractivity contribution < 1.29 is 9.90 Å². The highest BCUT2D eigenvalue weighted by atomic mass is 35.5. The summed E-state index contributed by atoms with van der Waals surface area (Å²) in [5.74, 6) is -0.566. The number of phenols is 1. The second kappa shape index (κ2) is 7.93. The van der Waals surface area contributed by atoms with E-state index >= 15 is 0 Å². The van der Waals surface area contributed by atoms with Crippen molar-refractivity contribution in [3.05, 3.63) is 27.7 Å². The number of carbonyl (C=O) groups is 1. The van der Waals surface area contributed by atoms with Gasteiger partial charge in [-0.15, -0.1) is 12.4 Å². The summed E-state index contributed by atoms with van der Waals surface area (Å²) >= 11 is 11.7. The van der Waals surface area contributed by atoms with Gasteiger partial charge in [-0.25, -0.2) is 0 Å². The van der Waals surface area contributed by atoms with Crippen LogP contribution in [0.1, 0.15) is 29.6 Å². The molecule has 1 fully saturated rings. The molecule has 0 aliphatic carbocycles. The molecule has 1 aliphatic rings. The summed E-state index contributed by atoms with van der Waals surface area (Å²) in [7, 11) is 0. The zero-order valence-corrected chi connectivity index (χ0v) is 13.1. The van der Waals surface area contributed by atoms with E-state index in [0.717, 1.165) is 32.4 Å². The van der Waals surface area contributed by atoms with E-state index in [9.17, 15) is 9.90 Å². The molecule has 2 rings (SSSR count). The summed E-state index contributed by atoms with van der Waals surface area (Å²) < 4.78 is 0. The molecule has 0 saturated carbocycles. The third kappa shape index (κ3) is 4.42. The van der Waals surface area contributed by atoms with E-state index in [4.69, 9.17) is 23.2 Å². The number of benzene rings is 1. The van der Waals surface area contributed by atoms with Crippen molar-refractivity contribution in [2.75, 3.05) is 13.1 Å². The lowest BCUT2D eigenvalue weighted by molar-refractivity contribution is 0.0931. The zero-order chi connectivity index (χ0) is 13.8. The number of aromatic hydroxyl groups is 1. The Balaban J connectivity index is 0.00000200. The van der Waals surface area contributed by atoms with Crippen molar-refractivity contribution in [2.45, 2.75) is 25.3 Å². The van der Waals surface area contributed by atoms with E-state index in [1.54, 1.807) is 0 Å². The Morgan fingerprint density at radius 2 is 2.05 bits per heavy atom. The first-order valence-electron chi connectivity index (χ1n) is 6.27. The van der Waals surface area contributed by atoms with Crippen LogP contribution < -0.4 is 10.6 Å². The molecule has 1 saturated heterocycles. The Morgan fingerprint density at radius 1 is 1.30 bits per heavy atom. The minimum atomic E-state index is -0.339. The molecule has 1 atom stereocenters. The number of rotatable bonds is 2. The summed E-state index contributed by atoms with van der Waals surface area (Å²) in [6.07, 6.45) is 2.82. The van der Waals surface area contributed by atoms with Gasteiger partial charge in [0.05, 0.1) is 10.6 Å². The number of hydrogen-bond donors (Lipinski definition) is 3. The van der Waals surface area contributed by atoms with Gasteiger partial charge in [0, 0.05) is 11.1 Å². The number of halogens is 3. The van der Waals surface area contributed by atoms with Gasteiger partial charge in [-0.3, -0.25) is 4.79 Å². The van der Waals surface area contributed by atoms with Crippen LogP contribution in [0.2, 0.25) is 10.0 Å². The van der Waals surface area contributed by atoms with Crippen LogP contribution >= 0.6 is 35.6 Å². The van der Waals surface area contributed by atoms with Crippen molar-refractivity contribution in [1.82, 2.24) is 10.6 Å². The topological polar surface area (TPSA) is 61.4 Å². The predicted octanol–water partition coefficient (Wildman–Crippen LogP) is 2.99. The van der Waals surface area contributed by atoms with Crippen LogP contribution in [0.4, 0.5) is 0 Å². The first-order valence-corrected chi connectivity index (χ1v) is 7.03. The van der Waals surface area contributed by atoms with Gasteiger partial charge in [-0.1, -0.05) is 23.2 Å². The minimum absolute atomic E-state index is 0. The van der Waals surface area contributed by atoms with Crippen molar-refractivity contribution in [3.63, 3.8) is 0 Å². The molecule has 1 heterocycles. The molecule has 1 aromatic carbocycles. The number of nitrogens with one attached hydrogen (secondary N) is 2. The van der Waals surface area contributed by atoms with E-state index in [1.807, 2.05) is 0 Å². The summed E-state index contributed by atoms with van der Waals surface area (Å²) in [4.78, 5) is 12.1. The second-order valence-corrected chi connectivity index (χ2v) is 5.48. The van der Waals surface area contributed by atoms with Gasteiger partial charge in [0.1, 0.15) is 5.75 Å². The van der Waals surface area contributed by atoms with Gasteiger partial charge in [0.15, 0.2) is 0 Å². The van der Waals surface area contributed by atoms with Crippen LogP contribution in [-0.4, -0.2) is 30.1 Å². The highest BCUT2D eigenvalue weighted by Crippen LogP contribution is 2.31. The number of hydrogen-bond acceptors (Lipinski definition) is 3. The van der Waals surface area contributed by atoms with Crippen LogP contribution in [0.3, 0.4) is 0 Å². The molecule has 20 heavy (non-hydrogen) atoms. The van der Waals surface area contributed by atoms with E-state index in [0.29, 0.717) is 5.02 Å². The smallest absolute Gasteiger partial charge is 0.255 e. The molecular formula is C13H17Cl3N2O2. The van der Waals surface area contributed by atoms with Crippen LogP contribution in [0.25, 0.3) is 0 Å². The average Bonchev–Trinajstić information content (AvgIpc) is 2.62. The highest BCUT2D eigenvalue weighted by Gasteiger charge is 2.19. The molecule has 1 amide bonds. The van der Waals surface area contributed by atoms with E-state index in [1.165, 1.54) is 12.1 Å². The lowest BCUT2D eigenvalue weighted by atomic mass is 10.1. The van der Waals surface area contributed by atoms with Crippen molar-refractivity contribution in [2.24, 2.45) is 0 Å². The molecule has 7 heteroatoms. The first kappa shape index (κ1) is 17.4. The Labute approximate surface area is 134 Å². The second-order valence-electron chi connectivity index (χ2n) is 4.64. The van der Waals surface area contributed by atoms with Gasteiger partial charge in [-0.2, -0.15) is 0 Å². The van der Waals surface area contributed by atoms with E-state index in [2.05, 4.69) is 10.6 Å². The Kier molecular flexibility index (Phi) is 6.89. The Hall–Kier alpha value is -0.680. The molecule has 0 radical (unpaired) electrons. The minimum Gasteiger partial charge on any atom is -0.506 e. The van der Waals surface area contributed by atoms with Crippen LogP contribution in [0.15, 0.2) is 12.1 Å². The number of carbonyl (C=O) groups excluding carboxylic acids is 1. The SMILES string of the molecule is Cl.O=C(NC1CCCNCC1)c1cc(Cl)cc(Cl)c1O. The molecule has 1 aliphatic heterocycles. The Morgan fingerprint density at radius 3 is 2.80 bits per heavy atom. The van der Waals surface area contributed by atoms with E-state index < -0.39 is 0 Å². The third-order valence-electron chi connectivity index (χ3n) is 3.18. The lowest BCUT2D eigenvalue weighted by Crippen LogP contribution is -2.35. The molecule has 0 aromatic heterocycles. The number of phenolic OH excluding ortho intramolecular Hbond substituents is 1. The summed E-state index contributed by atoms with van der Waals surface area (Å²) in [5, 5.41) is 16.4. The van der Waals surface area contributed by atoms with Crippen molar-refractivity contribution in [3.8, 4) is 5.75 Å². The maximum atomic E-state index is 12.1. The van der Waals surface area contributed by atoms with Gasteiger partial charge in [-0.05, 0) is 44.5 Å². The number of amides is 1. The highest BCUT2D eigenvalue weighted by molar-refractivity contribution is 6.36. The molecule has 4 nitrogen and oxygen atoms in total. The maximum absolute atomic E-state index is 12.1. The summed E-state index contributed by atoms with van der Waals surface area (Å²) in [5.41, 5.74) is 0.120. The monoisotopic (exact) mass is 338 g/mol.